The molecule has 0 radical (unpaired) electrons. The quantitative estimate of drug-likeness (QED) is 0.277. The lowest BCUT2D eigenvalue weighted by molar-refractivity contribution is -0.154. The largest absolute Gasteiger partial charge is 0.460 e. The first-order chi connectivity index (χ1) is 12.3. The maximum absolute atomic E-state index is 11.7. The molecule has 1 aliphatic rings. The molecule has 0 aromatic rings. The van der Waals surface area contributed by atoms with E-state index >= 15 is 0 Å². The van der Waals surface area contributed by atoms with Crippen molar-refractivity contribution in [3.8, 4) is 0 Å². The summed E-state index contributed by atoms with van der Waals surface area (Å²) in [6.45, 7) is 12.2. The lowest BCUT2D eigenvalue weighted by Crippen LogP contribution is -2.41. The summed E-state index contributed by atoms with van der Waals surface area (Å²) in [4.78, 5) is 18.6. The van der Waals surface area contributed by atoms with Crippen LogP contribution >= 0.6 is 0 Å². The van der Waals surface area contributed by atoms with Crippen molar-refractivity contribution in [3.05, 3.63) is 0 Å². The summed E-state index contributed by atoms with van der Waals surface area (Å²) in [6.07, 6.45) is 5.72. The van der Waals surface area contributed by atoms with Gasteiger partial charge in [0, 0.05) is 45.6 Å². The summed E-state index contributed by atoms with van der Waals surface area (Å²) in [5.74, 6) is 1.49. The third-order valence-corrected chi connectivity index (χ3v) is 4.22. The van der Waals surface area contributed by atoms with Gasteiger partial charge in [0.25, 0.3) is 0 Å². The highest BCUT2D eigenvalue weighted by atomic mass is 16.6. The molecule has 1 heterocycles. The van der Waals surface area contributed by atoms with Crippen LogP contribution in [-0.4, -0.2) is 62.3 Å². The van der Waals surface area contributed by atoms with Gasteiger partial charge in [-0.3, -0.25) is 9.79 Å². The minimum absolute atomic E-state index is 0.0949. The summed E-state index contributed by atoms with van der Waals surface area (Å²) in [5.41, 5.74) is -0.384. The molecule has 1 saturated heterocycles. The first-order valence-corrected chi connectivity index (χ1v) is 10.1. The first kappa shape index (κ1) is 22.7. The predicted molar refractivity (Wildman–Crippen MR) is 106 cm³/mol. The van der Waals surface area contributed by atoms with Crippen LogP contribution in [0.5, 0.6) is 0 Å². The van der Waals surface area contributed by atoms with Gasteiger partial charge in [-0.25, -0.2) is 0 Å². The Bertz CT molecular complexity index is 427. The van der Waals surface area contributed by atoms with Crippen LogP contribution in [-0.2, 0) is 14.3 Å². The van der Waals surface area contributed by atoms with Gasteiger partial charge in [0.05, 0.1) is 6.61 Å². The molecule has 6 nitrogen and oxygen atoms in total. The minimum Gasteiger partial charge on any atom is -0.460 e. The molecule has 1 unspecified atom stereocenters. The van der Waals surface area contributed by atoms with Crippen LogP contribution in [0.4, 0.5) is 0 Å². The summed E-state index contributed by atoms with van der Waals surface area (Å²) in [5, 5.41) is 3.37. The minimum atomic E-state index is -0.384. The van der Waals surface area contributed by atoms with Crippen LogP contribution in [0.25, 0.3) is 0 Å². The highest BCUT2D eigenvalue weighted by Gasteiger charge is 2.19. The molecule has 6 heteroatoms. The van der Waals surface area contributed by atoms with Gasteiger partial charge in [-0.2, -0.15) is 0 Å². The zero-order valence-corrected chi connectivity index (χ0v) is 17.5. The number of esters is 1. The standard InChI is InChI=1S/C20H39N3O3/c1-6-21-19(23(5)15-17-12-14-25-16-17)22-13-10-8-7-9-11-18(24)26-20(2,3)4/h17H,6-16H2,1-5H3,(H,21,22). The fourth-order valence-corrected chi connectivity index (χ4v) is 2.98. The number of nitrogens with zero attached hydrogens (tertiary/aromatic N) is 2. The zero-order valence-electron chi connectivity index (χ0n) is 17.5. The Morgan fingerprint density at radius 3 is 2.62 bits per heavy atom. The smallest absolute Gasteiger partial charge is 0.306 e. The van der Waals surface area contributed by atoms with Gasteiger partial charge in [-0.05, 0) is 47.0 Å². The second kappa shape index (κ2) is 12.2. The monoisotopic (exact) mass is 369 g/mol. The number of ether oxygens (including phenoxy) is 2. The molecular formula is C20H39N3O3. The predicted octanol–water partition coefficient (Wildman–Crippen LogP) is 3.21. The van der Waals surface area contributed by atoms with E-state index in [1.165, 1.54) is 0 Å². The zero-order chi connectivity index (χ0) is 19.4. The number of rotatable bonds is 10. The summed E-state index contributed by atoms with van der Waals surface area (Å²) < 4.78 is 10.8. The number of nitrogens with one attached hydrogen (secondary N) is 1. The Hall–Kier alpha value is -1.30. The van der Waals surface area contributed by atoms with Gasteiger partial charge in [0.15, 0.2) is 5.96 Å². The third-order valence-electron chi connectivity index (χ3n) is 4.22. The van der Waals surface area contributed by atoms with Crippen molar-refractivity contribution in [2.45, 2.75) is 71.8 Å². The number of hydrogen-bond acceptors (Lipinski definition) is 4. The van der Waals surface area contributed by atoms with Crippen molar-refractivity contribution in [2.75, 3.05) is 39.9 Å². The fraction of sp³-hybridized carbons (Fsp3) is 0.900. The van der Waals surface area contributed by atoms with E-state index in [9.17, 15) is 4.79 Å². The molecule has 0 amide bonds. The number of aliphatic imine (C=N–C) groups is 1. The van der Waals surface area contributed by atoms with Gasteiger partial charge in [-0.1, -0.05) is 12.8 Å². The topological polar surface area (TPSA) is 63.2 Å². The Balaban J connectivity index is 2.19. The number of carbonyl (C=O) groups is 1. The molecule has 152 valence electrons. The molecule has 0 spiro atoms. The molecule has 1 atom stereocenters. The lowest BCUT2D eigenvalue weighted by atomic mass is 10.1. The van der Waals surface area contributed by atoms with Gasteiger partial charge in [-0.15, -0.1) is 0 Å². The molecule has 1 rings (SSSR count). The van der Waals surface area contributed by atoms with Gasteiger partial charge >= 0.3 is 5.97 Å². The van der Waals surface area contributed by atoms with E-state index in [1.54, 1.807) is 0 Å². The van der Waals surface area contributed by atoms with Gasteiger partial charge < -0.3 is 19.7 Å². The van der Waals surface area contributed by atoms with Crippen LogP contribution in [0.2, 0.25) is 0 Å². The highest BCUT2D eigenvalue weighted by Crippen LogP contribution is 2.13. The molecule has 0 saturated carbocycles. The van der Waals surface area contributed by atoms with Crippen molar-refractivity contribution in [1.82, 2.24) is 10.2 Å². The Morgan fingerprint density at radius 1 is 1.27 bits per heavy atom. The van der Waals surface area contributed by atoms with Crippen LogP contribution in [0.15, 0.2) is 4.99 Å². The maximum atomic E-state index is 11.7. The van der Waals surface area contributed by atoms with Crippen LogP contribution < -0.4 is 5.32 Å². The first-order valence-electron chi connectivity index (χ1n) is 10.1. The average molecular weight is 370 g/mol. The van der Waals surface area contributed by atoms with Crippen LogP contribution in [0.3, 0.4) is 0 Å². The highest BCUT2D eigenvalue weighted by molar-refractivity contribution is 5.79. The normalized spacial score (nSPS) is 18.0. The van der Waals surface area contributed by atoms with E-state index in [2.05, 4.69) is 24.2 Å². The van der Waals surface area contributed by atoms with Crippen LogP contribution in [0.1, 0.15) is 66.2 Å². The summed E-state index contributed by atoms with van der Waals surface area (Å²) in [6, 6.07) is 0. The van der Waals surface area contributed by atoms with Gasteiger partial charge in [0.1, 0.15) is 5.60 Å². The van der Waals surface area contributed by atoms with Crippen molar-refractivity contribution >= 4 is 11.9 Å². The number of unbranched alkanes of at least 4 members (excludes halogenated alkanes) is 3. The molecule has 26 heavy (non-hydrogen) atoms. The summed E-state index contributed by atoms with van der Waals surface area (Å²) in [7, 11) is 2.10. The summed E-state index contributed by atoms with van der Waals surface area (Å²) >= 11 is 0. The molecule has 1 N–H and O–H groups in total. The average Bonchev–Trinajstić information content (AvgIpc) is 3.04. The van der Waals surface area contributed by atoms with E-state index in [0.29, 0.717) is 12.3 Å². The number of guanidine groups is 1. The van der Waals surface area contributed by atoms with E-state index in [1.807, 2.05) is 20.8 Å². The third kappa shape index (κ3) is 10.6. The SMILES string of the molecule is CCNC(=NCCCCCCC(=O)OC(C)(C)C)N(C)CC1CCOC1. The number of carbonyl (C=O) groups excluding carboxylic acids is 1. The van der Waals surface area contributed by atoms with Crippen molar-refractivity contribution in [3.63, 3.8) is 0 Å². The van der Waals surface area contributed by atoms with Crippen molar-refractivity contribution in [2.24, 2.45) is 10.9 Å². The lowest BCUT2D eigenvalue weighted by Gasteiger charge is -2.24. The molecule has 1 aliphatic heterocycles. The second-order valence-corrected chi connectivity index (χ2v) is 8.10. The Morgan fingerprint density at radius 2 is 2.00 bits per heavy atom. The maximum Gasteiger partial charge on any atom is 0.306 e. The second-order valence-electron chi connectivity index (χ2n) is 8.10. The van der Waals surface area contributed by atoms with Crippen molar-refractivity contribution < 1.29 is 14.3 Å². The molecule has 0 aliphatic carbocycles. The molecule has 1 fully saturated rings. The molecular weight excluding hydrogens is 330 g/mol. The van der Waals surface area contributed by atoms with Crippen molar-refractivity contribution in [1.29, 1.82) is 0 Å². The number of hydrogen-bond donors (Lipinski definition) is 1. The van der Waals surface area contributed by atoms with E-state index in [4.69, 9.17) is 14.5 Å². The molecule has 0 bridgehead atoms. The fourth-order valence-electron chi connectivity index (χ4n) is 2.98. The molecule has 0 aromatic heterocycles. The van der Waals surface area contributed by atoms with E-state index in [0.717, 1.165) is 70.9 Å². The van der Waals surface area contributed by atoms with Crippen LogP contribution in [0, 0.1) is 5.92 Å². The Labute approximate surface area is 159 Å². The Kier molecular flexibility index (Phi) is 10.6. The van der Waals surface area contributed by atoms with E-state index < -0.39 is 0 Å². The van der Waals surface area contributed by atoms with Gasteiger partial charge in [0.2, 0.25) is 0 Å². The van der Waals surface area contributed by atoms with E-state index in [-0.39, 0.29) is 11.6 Å². The molecule has 0 aromatic carbocycles.